The van der Waals surface area contributed by atoms with Crippen LogP contribution in [0.4, 0.5) is 4.79 Å². The quantitative estimate of drug-likeness (QED) is 0.577. The molecular weight excluding hydrogens is 340 g/mol. The first-order chi connectivity index (χ1) is 11.5. The predicted molar refractivity (Wildman–Crippen MR) is 105 cm³/mol. The topological polar surface area (TPSA) is 87.5 Å². The molecule has 1 aliphatic heterocycles. The Morgan fingerprint density at radius 2 is 2.04 bits per heavy atom. The van der Waals surface area contributed by atoms with E-state index >= 15 is 0 Å². The van der Waals surface area contributed by atoms with Crippen molar-refractivity contribution in [2.75, 3.05) is 26.2 Å². The zero-order chi connectivity index (χ0) is 17.9. The Morgan fingerprint density at radius 1 is 1.32 bits per heavy atom. The van der Waals surface area contributed by atoms with E-state index in [0.29, 0.717) is 32.0 Å². The van der Waals surface area contributed by atoms with Crippen LogP contribution in [0.1, 0.15) is 59.3 Å². The zero-order valence-electron chi connectivity index (χ0n) is 16.1. The number of carbonyl (C=O) groups excluding carboxylic acids is 2. The molecule has 25 heavy (non-hydrogen) atoms. The highest BCUT2D eigenvalue weighted by Gasteiger charge is 2.25. The molecule has 1 aliphatic rings. The third-order valence-corrected chi connectivity index (χ3v) is 4.50. The fraction of sp³-hybridized carbons (Fsp3) is 0.889. The van der Waals surface area contributed by atoms with Crippen molar-refractivity contribution in [2.45, 2.75) is 65.3 Å². The number of halogens is 1. The average molecular weight is 377 g/mol. The molecule has 0 aromatic heterocycles. The molecule has 7 heteroatoms. The molecule has 0 spiro atoms. The summed E-state index contributed by atoms with van der Waals surface area (Å²) >= 11 is 0. The molecule has 0 saturated carbocycles. The van der Waals surface area contributed by atoms with E-state index in [0.717, 1.165) is 38.6 Å². The summed E-state index contributed by atoms with van der Waals surface area (Å²) in [5.41, 5.74) is 5.74. The van der Waals surface area contributed by atoms with Crippen LogP contribution in [-0.4, -0.2) is 49.1 Å². The number of nitrogens with two attached hydrogens (primary N) is 1. The molecule has 0 aliphatic carbocycles. The molecule has 0 aromatic rings. The molecule has 1 rings (SSSR count). The fourth-order valence-corrected chi connectivity index (χ4v) is 3.07. The maximum Gasteiger partial charge on any atom is 0.317 e. The largest absolute Gasteiger partial charge is 0.352 e. The molecule has 3 amide bonds. The number of rotatable bonds is 9. The van der Waals surface area contributed by atoms with Gasteiger partial charge in [-0.1, -0.05) is 33.6 Å². The second-order valence-electron chi connectivity index (χ2n) is 7.38. The summed E-state index contributed by atoms with van der Waals surface area (Å²) in [4.78, 5) is 26.3. The summed E-state index contributed by atoms with van der Waals surface area (Å²) in [5.74, 6) is 0.751. The number of hydrogen-bond acceptors (Lipinski definition) is 3. The van der Waals surface area contributed by atoms with Crippen molar-refractivity contribution in [3.05, 3.63) is 0 Å². The van der Waals surface area contributed by atoms with E-state index in [-0.39, 0.29) is 36.3 Å². The SMILES string of the molecule is CCCCC(CN)NC(=O)CC1CCCN(C(=O)NCC(C)C)C1.Cl. The van der Waals surface area contributed by atoms with Crippen molar-refractivity contribution >= 4 is 24.3 Å². The summed E-state index contributed by atoms with van der Waals surface area (Å²) in [6.07, 6.45) is 5.57. The van der Waals surface area contributed by atoms with Crippen LogP contribution >= 0.6 is 12.4 Å². The van der Waals surface area contributed by atoms with Crippen LogP contribution in [0.5, 0.6) is 0 Å². The number of unbranched alkanes of at least 4 members (excludes halogenated alkanes) is 1. The molecule has 6 nitrogen and oxygen atoms in total. The molecule has 148 valence electrons. The van der Waals surface area contributed by atoms with Gasteiger partial charge >= 0.3 is 6.03 Å². The number of likely N-dealkylation sites (tertiary alicyclic amines) is 1. The maximum absolute atomic E-state index is 12.2. The van der Waals surface area contributed by atoms with Gasteiger partial charge in [-0.15, -0.1) is 12.4 Å². The van der Waals surface area contributed by atoms with Gasteiger partial charge in [-0.05, 0) is 31.1 Å². The predicted octanol–water partition coefficient (Wildman–Crippen LogP) is 2.51. The Kier molecular flexibility index (Phi) is 12.7. The van der Waals surface area contributed by atoms with Crippen molar-refractivity contribution in [1.82, 2.24) is 15.5 Å². The number of hydrogen-bond donors (Lipinski definition) is 3. The number of nitrogens with one attached hydrogen (secondary N) is 2. The highest BCUT2D eigenvalue weighted by molar-refractivity contribution is 5.85. The first-order valence-corrected chi connectivity index (χ1v) is 9.48. The van der Waals surface area contributed by atoms with Gasteiger partial charge in [0.1, 0.15) is 0 Å². The van der Waals surface area contributed by atoms with E-state index in [4.69, 9.17) is 5.73 Å². The second-order valence-corrected chi connectivity index (χ2v) is 7.38. The molecule has 2 unspecified atom stereocenters. The van der Waals surface area contributed by atoms with Crippen molar-refractivity contribution in [3.8, 4) is 0 Å². The summed E-state index contributed by atoms with van der Waals surface area (Å²) in [7, 11) is 0. The van der Waals surface area contributed by atoms with Crippen LogP contribution < -0.4 is 16.4 Å². The van der Waals surface area contributed by atoms with E-state index in [1.807, 2.05) is 4.90 Å². The smallest absolute Gasteiger partial charge is 0.317 e. The Morgan fingerprint density at radius 3 is 2.64 bits per heavy atom. The summed E-state index contributed by atoms with van der Waals surface area (Å²) in [6.45, 7) is 8.92. The molecule has 1 saturated heterocycles. The lowest BCUT2D eigenvalue weighted by molar-refractivity contribution is -0.123. The van der Waals surface area contributed by atoms with Crippen molar-refractivity contribution < 1.29 is 9.59 Å². The van der Waals surface area contributed by atoms with Gasteiger partial charge in [0.25, 0.3) is 0 Å². The minimum Gasteiger partial charge on any atom is -0.352 e. The molecule has 2 atom stereocenters. The van der Waals surface area contributed by atoms with Crippen LogP contribution in [0.15, 0.2) is 0 Å². The minimum absolute atomic E-state index is 0. The summed E-state index contributed by atoms with van der Waals surface area (Å²) < 4.78 is 0. The van der Waals surface area contributed by atoms with E-state index < -0.39 is 0 Å². The number of nitrogens with zero attached hydrogens (tertiary/aromatic N) is 1. The molecule has 1 fully saturated rings. The highest BCUT2D eigenvalue weighted by atomic mass is 35.5. The van der Waals surface area contributed by atoms with Gasteiger partial charge in [0.05, 0.1) is 0 Å². The molecule has 1 heterocycles. The lowest BCUT2D eigenvalue weighted by atomic mass is 9.94. The fourth-order valence-electron chi connectivity index (χ4n) is 3.07. The number of piperidine rings is 1. The normalized spacial score (nSPS) is 18.4. The van der Waals surface area contributed by atoms with E-state index in [9.17, 15) is 9.59 Å². The minimum atomic E-state index is -0.00316. The van der Waals surface area contributed by atoms with Crippen LogP contribution in [0.2, 0.25) is 0 Å². The van der Waals surface area contributed by atoms with Crippen LogP contribution in [0.25, 0.3) is 0 Å². The van der Waals surface area contributed by atoms with Gasteiger partial charge in [-0.25, -0.2) is 4.79 Å². The first kappa shape index (κ1) is 24.0. The first-order valence-electron chi connectivity index (χ1n) is 9.48. The van der Waals surface area contributed by atoms with Gasteiger partial charge in [0.2, 0.25) is 5.91 Å². The van der Waals surface area contributed by atoms with Gasteiger partial charge in [0, 0.05) is 38.6 Å². The van der Waals surface area contributed by atoms with Crippen molar-refractivity contribution in [3.63, 3.8) is 0 Å². The Bertz CT molecular complexity index is 393. The van der Waals surface area contributed by atoms with Crippen molar-refractivity contribution in [2.24, 2.45) is 17.6 Å². The third-order valence-electron chi connectivity index (χ3n) is 4.50. The molecule has 0 radical (unpaired) electrons. The monoisotopic (exact) mass is 376 g/mol. The Balaban J connectivity index is 0.00000576. The standard InChI is InChI=1S/C18H36N4O2.ClH/c1-4-5-8-16(11-19)21-17(23)10-15-7-6-9-22(13-15)18(24)20-12-14(2)3;/h14-16H,4-13,19H2,1-3H3,(H,20,24)(H,21,23);1H. The van der Waals surface area contributed by atoms with Gasteiger partial charge in [-0.2, -0.15) is 0 Å². The lowest BCUT2D eigenvalue weighted by Gasteiger charge is -2.33. The van der Waals surface area contributed by atoms with E-state index in [2.05, 4.69) is 31.4 Å². The van der Waals surface area contributed by atoms with Gasteiger partial charge in [-0.3, -0.25) is 4.79 Å². The van der Waals surface area contributed by atoms with E-state index in [1.165, 1.54) is 0 Å². The molecule has 0 bridgehead atoms. The number of amides is 3. The van der Waals surface area contributed by atoms with Gasteiger partial charge in [0.15, 0.2) is 0 Å². The second kappa shape index (κ2) is 13.2. The summed E-state index contributed by atoms with van der Waals surface area (Å²) in [5, 5.41) is 6.01. The third kappa shape index (κ3) is 9.90. The lowest BCUT2D eigenvalue weighted by Crippen LogP contribution is -2.47. The van der Waals surface area contributed by atoms with Crippen LogP contribution in [0, 0.1) is 11.8 Å². The Hall–Kier alpha value is -1.01. The Labute approximate surface area is 159 Å². The van der Waals surface area contributed by atoms with E-state index in [1.54, 1.807) is 0 Å². The van der Waals surface area contributed by atoms with Crippen LogP contribution in [0.3, 0.4) is 0 Å². The summed E-state index contributed by atoms with van der Waals surface area (Å²) in [6, 6.07) is 0.0723. The van der Waals surface area contributed by atoms with Crippen LogP contribution in [-0.2, 0) is 4.79 Å². The number of urea groups is 1. The van der Waals surface area contributed by atoms with Gasteiger partial charge < -0.3 is 21.3 Å². The average Bonchev–Trinajstić information content (AvgIpc) is 2.56. The molecule has 4 N–H and O–H groups in total. The number of carbonyl (C=O) groups is 2. The highest BCUT2D eigenvalue weighted by Crippen LogP contribution is 2.20. The van der Waals surface area contributed by atoms with Crippen molar-refractivity contribution in [1.29, 1.82) is 0 Å². The molecule has 0 aromatic carbocycles. The zero-order valence-corrected chi connectivity index (χ0v) is 16.9. The maximum atomic E-state index is 12.2. The molecular formula is C18H37ClN4O2.